The molecular weight excluding hydrogens is 342 g/mol. The molecule has 0 bridgehead atoms. The van der Waals surface area contributed by atoms with E-state index in [0.29, 0.717) is 11.3 Å². The van der Waals surface area contributed by atoms with E-state index in [9.17, 15) is 9.59 Å². The highest BCUT2D eigenvalue weighted by atomic mass is 16.6. The van der Waals surface area contributed by atoms with Crippen molar-refractivity contribution in [1.29, 1.82) is 0 Å². The standard InChI is InChI=1S/C22H25NO4/c1-6-17-12-13-18(23-21(25)27-22(3,4)5)19(15(17)2)20(24)26-14-16-10-8-7-9-11-16/h6-13H,1,14H2,2-5H3,(H,23,25). The van der Waals surface area contributed by atoms with Gasteiger partial charge in [0.05, 0.1) is 11.3 Å². The minimum Gasteiger partial charge on any atom is -0.457 e. The van der Waals surface area contributed by atoms with Gasteiger partial charge in [0.15, 0.2) is 0 Å². The van der Waals surface area contributed by atoms with Crippen molar-refractivity contribution < 1.29 is 19.1 Å². The molecule has 0 fully saturated rings. The molecule has 0 aliphatic heterocycles. The maximum Gasteiger partial charge on any atom is 0.412 e. The van der Waals surface area contributed by atoms with Crippen LogP contribution in [0, 0.1) is 6.92 Å². The van der Waals surface area contributed by atoms with Gasteiger partial charge in [-0.05, 0) is 50.5 Å². The summed E-state index contributed by atoms with van der Waals surface area (Å²) in [6, 6.07) is 12.8. The van der Waals surface area contributed by atoms with E-state index in [4.69, 9.17) is 9.47 Å². The van der Waals surface area contributed by atoms with E-state index in [0.717, 1.165) is 11.1 Å². The van der Waals surface area contributed by atoms with Crippen LogP contribution in [0.4, 0.5) is 10.5 Å². The van der Waals surface area contributed by atoms with Gasteiger partial charge in [-0.25, -0.2) is 9.59 Å². The second kappa shape index (κ2) is 8.54. The van der Waals surface area contributed by atoms with Gasteiger partial charge >= 0.3 is 12.1 Å². The summed E-state index contributed by atoms with van der Waals surface area (Å²) in [7, 11) is 0. The predicted molar refractivity (Wildman–Crippen MR) is 107 cm³/mol. The molecule has 1 N–H and O–H groups in total. The molecule has 0 saturated carbocycles. The average Bonchev–Trinajstić information content (AvgIpc) is 2.59. The fourth-order valence-corrected chi connectivity index (χ4v) is 2.52. The molecule has 27 heavy (non-hydrogen) atoms. The number of carbonyl (C=O) groups is 2. The summed E-state index contributed by atoms with van der Waals surface area (Å²) in [5.74, 6) is -0.522. The summed E-state index contributed by atoms with van der Waals surface area (Å²) in [6.45, 7) is 11.0. The van der Waals surface area contributed by atoms with Crippen LogP contribution >= 0.6 is 0 Å². The zero-order chi connectivity index (χ0) is 20.0. The largest absolute Gasteiger partial charge is 0.457 e. The van der Waals surface area contributed by atoms with Gasteiger partial charge in [0, 0.05) is 0 Å². The Kier molecular flexibility index (Phi) is 6.40. The van der Waals surface area contributed by atoms with E-state index >= 15 is 0 Å². The third-order valence-electron chi connectivity index (χ3n) is 3.78. The fourth-order valence-electron chi connectivity index (χ4n) is 2.52. The van der Waals surface area contributed by atoms with E-state index in [1.165, 1.54) is 0 Å². The SMILES string of the molecule is C=Cc1ccc(NC(=O)OC(C)(C)C)c(C(=O)OCc2ccccc2)c1C. The minimum absolute atomic E-state index is 0.142. The van der Waals surface area contributed by atoms with Gasteiger partial charge < -0.3 is 9.47 Å². The quantitative estimate of drug-likeness (QED) is 0.724. The Labute approximate surface area is 160 Å². The zero-order valence-electron chi connectivity index (χ0n) is 16.2. The Balaban J connectivity index is 2.27. The number of benzene rings is 2. The lowest BCUT2D eigenvalue weighted by Gasteiger charge is -2.21. The van der Waals surface area contributed by atoms with Gasteiger partial charge in [-0.15, -0.1) is 0 Å². The van der Waals surface area contributed by atoms with Crippen LogP contribution < -0.4 is 5.32 Å². The van der Waals surface area contributed by atoms with Gasteiger partial charge in [-0.3, -0.25) is 5.32 Å². The van der Waals surface area contributed by atoms with Crippen LogP contribution in [0.15, 0.2) is 49.0 Å². The summed E-state index contributed by atoms with van der Waals surface area (Å²) >= 11 is 0. The topological polar surface area (TPSA) is 64.6 Å². The van der Waals surface area contributed by atoms with Gasteiger partial charge in [0.25, 0.3) is 0 Å². The van der Waals surface area contributed by atoms with E-state index in [2.05, 4.69) is 11.9 Å². The van der Waals surface area contributed by atoms with E-state index in [1.54, 1.807) is 45.9 Å². The number of esters is 1. The number of amides is 1. The van der Waals surface area contributed by atoms with Crippen LogP contribution in [0.2, 0.25) is 0 Å². The van der Waals surface area contributed by atoms with Gasteiger partial charge in [-0.2, -0.15) is 0 Å². The molecule has 0 heterocycles. The fraction of sp³-hybridized carbons (Fsp3) is 0.273. The number of anilines is 1. The van der Waals surface area contributed by atoms with Crippen LogP contribution in [0.1, 0.15) is 47.8 Å². The molecule has 0 radical (unpaired) electrons. The van der Waals surface area contributed by atoms with Crippen molar-refractivity contribution in [2.24, 2.45) is 0 Å². The molecule has 5 heteroatoms. The Hall–Kier alpha value is -3.08. The number of ether oxygens (including phenoxy) is 2. The highest BCUT2D eigenvalue weighted by molar-refractivity contribution is 6.01. The molecule has 2 aromatic rings. The Morgan fingerprint density at radius 1 is 1.11 bits per heavy atom. The van der Waals surface area contributed by atoms with E-state index in [1.807, 2.05) is 30.3 Å². The number of nitrogens with one attached hydrogen (secondary N) is 1. The lowest BCUT2D eigenvalue weighted by molar-refractivity contribution is 0.0473. The van der Waals surface area contributed by atoms with Gasteiger partial charge in [0.1, 0.15) is 12.2 Å². The molecule has 0 saturated heterocycles. The third-order valence-corrected chi connectivity index (χ3v) is 3.78. The maximum absolute atomic E-state index is 12.7. The molecule has 5 nitrogen and oxygen atoms in total. The number of hydrogen-bond donors (Lipinski definition) is 1. The molecule has 0 unspecified atom stereocenters. The molecule has 2 aromatic carbocycles. The summed E-state index contributed by atoms with van der Waals surface area (Å²) < 4.78 is 10.7. The lowest BCUT2D eigenvalue weighted by atomic mass is 10.00. The van der Waals surface area contributed by atoms with Crippen molar-refractivity contribution in [2.45, 2.75) is 39.9 Å². The highest BCUT2D eigenvalue weighted by Crippen LogP contribution is 2.26. The van der Waals surface area contributed by atoms with Crippen molar-refractivity contribution in [3.05, 3.63) is 71.3 Å². The number of rotatable bonds is 5. The van der Waals surface area contributed by atoms with Crippen LogP contribution in [-0.4, -0.2) is 17.7 Å². The zero-order valence-corrected chi connectivity index (χ0v) is 16.2. The Morgan fingerprint density at radius 2 is 1.78 bits per heavy atom. The lowest BCUT2D eigenvalue weighted by Crippen LogP contribution is -2.28. The first kappa shape index (κ1) is 20.2. The van der Waals surface area contributed by atoms with Crippen molar-refractivity contribution in [2.75, 3.05) is 5.32 Å². The van der Waals surface area contributed by atoms with Crippen molar-refractivity contribution in [1.82, 2.24) is 0 Å². The molecule has 0 spiro atoms. The average molecular weight is 367 g/mol. The highest BCUT2D eigenvalue weighted by Gasteiger charge is 2.22. The summed E-state index contributed by atoms with van der Waals surface area (Å²) in [5, 5.41) is 2.64. The Morgan fingerprint density at radius 3 is 2.37 bits per heavy atom. The normalized spacial score (nSPS) is 10.8. The van der Waals surface area contributed by atoms with Gasteiger partial charge in [0.2, 0.25) is 0 Å². The number of carbonyl (C=O) groups excluding carboxylic acids is 2. The molecule has 0 atom stereocenters. The van der Waals surface area contributed by atoms with Crippen LogP contribution in [0.25, 0.3) is 6.08 Å². The molecule has 1 amide bonds. The molecular formula is C22H25NO4. The molecule has 0 aliphatic rings. The summed E-state index contributed by atoms with van der Waals surface area (Å²) in [6.07, 6.45) is 1.02. The molecule has 0 aliphatic carbocycles. The van der Waals surface area contributed by atoms with E-state index < -0.39 is 17.7 Å². The first-order chi connectivity index (χ1) is 12.7. The monoisotopic (exact) mass is 367 g/mol. The van der Waals surface area contributed by atoms with Crippen molar-refractivity contribution >= 4 is 23.8 Å². The summed E-state index contributed by atoms with van der Waals surface area (Å²) in [4.78, 5) is 24.9. The van der Waals surface area contributed by atoms with Crippen LogP contribution in [0.3, 0.4) is 0 Å². The van der Waals surface area contributed by atoms with E-state index in [-0.39, 0.29) is 12.2 Å². The molecule has 142 valence electrons. The Bertz CT molecular complexity index is 835. The first-order valence-electron chi connectivity index (χ1n) is 8.68. The van der Waals surface area contributed by atoms with Crippen molar-refractivity contribution in [3.8, 4) is 0 Å². The van der Waals surface area contributed by atoms with Crippen molar-refractivity contribution in [3.63, 3.8) is 0 Å². The predicted octanol–water partition coefficient (Wildman–Crippen LogP) is 5.34. The van der Waals surface area contributed by atoms with Gasteiger partial charge in [-0.1, -0.05) is 49.1 Å². The maximum atomic E-state index is 12.7. The molecule has 0 aromatic heterocycles. The third kappa shape index (κ3) is 5.71. The first-order valence-corrected chi connectivity index (χ1v) is 8.68. The van der Waals surface area contributed by atoms with Crippen LogP contribution in [-0.2, 0) is 16.1 Å². The number of hydrogen-bond acceptors (Lipinski definition) is 4. The second-order valence-electron chi connectivity index (χ2n) is 7.10. The minimum atomic E-state index is -0.645. The second-order valence-corrected chi connectivity index (χ2v) is 7.10. The molecule has 2 rings (SSSR count). The summed E-state index contributed by atoms with van der Waals surface area (Å²) in [5.41, 5.74) is 2.33. The van der Waals surface area contributed by atoms with Crippen LogP contribution in [0.5, 0.6) is 0 Å². The smallest absolute Gasteiger partial charge is 0.412 e.